The number of ether oxygens (including phenoxy) is 1. The molecule has 0 radical (unpaired) electrons. The summed E-state index contributed by atoms with van der Waals surface area (Å²) in [6.07, 6.45) is 1.23. The molecule has 182 valence electrons. The van der Waals surface area contributed by atoms with Gasteiger partial charge in [0.1, 0.15) is 10.5 Å². The van der Waals surface area contributed by atoms with E-state index >= 15 is 0 Å². The van der Waals surface area contributed by atoms with Gasteiger partial charge >= 0.3 is 6.18 Å². The van der Waals surface area contributed by atoms with Crippen molar-refractivity contribution < 1.29 is 27.8 Å². The van der Waals surface area contributed by atoms with Crippen LogP contribution in [0.3, 0.4) is 0 Å². The van der Waals surface area contributed by atoms with Crippen LogP contribution in [-0.4, -0.2) is 51.9 Å². The van der Waals surface area contributed by atoms with E-state index in [2.05, 4.69) is 15.3 Å². The molecule has 0 saturated carbocycles. The van der Waals surface area contributed by atoms with E-state index in [4.69, 9.17) is 4.74 Å². The SMILES string of the molecule is CCNC(=O)CCn1cc(CN2CCC3(CC2)OCCc2c3sc(C(F)(F)F)c2CO)cn1. The van der Waals surface area contributed by atoms with Crippen LogP contribution in [0.25, 0.3) is 0 Å². The van der Waals surface area contributed by atoms with E-state index in [9.17, 15) is 23.1 Å². The molecule has 2 aliphatic heterocycles. The highest BCUT2D eigenvalue weighted by Gasteiger charge is 2.47. The molecule has 0 atom stereocenters. The summed E-state index contributed by atoms with van der Waals surface area (Å²) in [5.74, 6) is -0.00524. The number of carbonyl (C=O) groups excluding carboxylic acids is 1. The lowest BCUT2D eigenvalue weighted by Crippen LogP contribution is -2.45. The molecule has 1 amide bonds. The van der Waals surface area contributed by atoms with Gasteiger partial charge in [-0.05, 0) is 31.7 Å². The normalized spacial score (nSPS) is 18.5. The number of hydrogen-bond donors (Lipinski definition) is 2. The van der Waals surface area contributed by atoms with Crippen molar-refractivity contribution in [2.75, 3.05) is 26.2 Å². The van der Waals surface area contributed by atoms with Crippen LogP contribution in [-0.2, 0) is 47.4 Å². The molecule has 2 N–H and O–H groups in total. The highest BCUT2D eigenvalue weighted by atomic mass is 32.1. The Morgan fingerprint density at radius 3 is 2.79 bits per heavy atom. The Morgan fingerprint density at radius 2 is 2.12 bits per heavy atom. The van der Waals surface area contributed by atoms with Crippen molar-refractivity contribution in [3.05, 3.63) is 38.8 Å². The minimum atomic E-state index is -4.47. The van der Waals surface area contributed by atoms with E-state index in [-0.39, 0.29) is 11.5 Å². The lowest BCUT2D eigenvalue weighted by atomic mass is 9.84. The van der Waals surface area contributed by atoms with Crippen molar-refractivity contribution >= 4 is 17.2 Å². The van der Waals surface area contributed by atoms with Gasteiger partial charge in [-0.15, -0.1) is 11.3 Å². The second-order valence-corrected chi connectivity index (χ2v) is 9.58. The minimum absolute atomic E-state index is 0.00524. The Balaban J connectivity index is 1.40. The van der Waals surface area contributed by atoms with E-state index in [1.54, 1.807) is 10.9 Å². The largest absolute Gasteiger partial charge is 0.425 e. The van der Waals surface area contributed by atoms with E-state index < -0.39 is 23.3 Å². The molecule has 1 spiro atoms. The van der Waals surface area contributed by atoms with Crippen molar-refractivity contribution in [1.29, 1.82) is 0 Å². The lowest BCUT2D eigenvalue weighted by Gasteiger charge is -2.43. The van der Waals surface area contributed by atoms with Crippen LogP contribution < -0.4 is 5.32 Å². The molecule has 4 heterocycles. The average molecular weight is 487 g/mol. The predicted molar refractivity (Wildman–Crippen MR) is 117 cm³/mol. The highest BCUT2D eigenvalue weighted by Crippen LogP contribution is 2.50. The lowest BCUT2D eigenvalue weighted by molar-refractivity contribution is -0.135. The van der Waals surface area contributed by atoms with Gasteiger partial charge < -0.3 is 15.2 Å². The first kappa shape index (κ1) is 24.2. The molecule has 2 aliphatic rings. The maximum absolute atomic E-state index is 13.5. The third-order valence-electron chi connectivity index (χ3n) is 6.37. The molecule has 7 nitrogen and oxygen atoms in total. The third kappa shape index (κ3) is 5.11. The molecule has 0 aromatic carbocycles. The van der Waals surface area contributed by atoms with Crippen molar-refractivity contribution in [2.24, 2.45) is 0 Å². The molecule has 11 heteroatoms. The number of thiophene rings is 1. The van der Waals surface area contributed by atoms with Gasteiger partial charge in [-0.1, -0.05) is 0 Å². The van der Waals surface area contributed by atoms with Crippen LogP contribution in [0, 0.1) is 0 Å². The van der Waals surface area contributed by atoms with Crippen LogP contribution in [0.4, 0.5) is 13.2 Å². The predicted octanol–water partition coefficient (Wildman–Crippen LogP) is 3.05. The van der Waals surface area contributed by atoms with E-state index in [1.165, 1.54) is 0 Å². The molecule has 0 bridgehead atoms. The average Bonchev–Trinajstić information content (AvgIpc) is 3.39. The smallest absolute Gasteiger partial charge is 0.392 e. The Bertz CT molecular complexity index is 980. The summed E-state index contributed by atoms with van der Waals surface area (Å²) in [6.45, 7) is 4.83. The molecule has 2 aromatic heterocycles. The Morgan fingerprint density at radius 1 is 1.36 bits per heavy atom. The molecule has 4 rings (SSSR count). The summed E-state index contributed by atoms with van der Waals surface area (Å²) in [7, 11) is 0. The van der Waals surface area contributed by atoms with Crippen molar-refractivity contribution in [2.45, 2.75) is 64.1 Å². The Labute approximate surface area is 194 Å². The van der Waals surface area contributed by atoms with Crippen LogP contribution in [0.1, 0.15) is 52.6 Å². The maximum Gasteiger partial charge on any atom is 0.425 e. The van der Waals surface area contributed by atoms with Gasteiger partial charge in [0.15, 0.2) is 0 Å². The first-order valence-corrected chi connectivity index (χ1v) is 12.0. The maximum atomic E-state index is 13.5. The van der Waals surface area contributed by atoms with E-state index in [0.29, 0.717) is 75.5 Å². The number of alkyl halides is 3. The summed E-state index contributed by atoms with van der Waals surface area (Å²) < 4.78 is 48.5. The second kappa shape index (κ2) is 9.73. The number of nitrogens with zero attached hydrogens (tertiary/aromatic N) is 3. The van der Waals surface area contributed by atoms with E-state index in [0.717, 1.165) is 16.9 Å². The summed E-state index contributed by atoms with van der Waals surface area (Å²) in [5, 5.41) is 16.7. The van der Waals surface area contributed by atoms with Gasteiger partial charge in [0.05, 0.1) is 19.4 Å². The standard InChI is InChI=1S/C22H29F3N4O3S/c1-2-26-18(31)3-7-29-13-15(11-27-29)12-28-8-5-21(6-9-28)19-16(4-10-32-21)17(14-30)20(33-19)22(23,24)25/h11,13,30H,2-10,12,14H2,1H3,(H,26,31). The number of carbonyl (C=O) groups is 1. The minimum Gasteiger partial charge on any atom is -0.392 e. The number of piperidine rings is 1. The summed E-state index contributed by atoms with van der Waals surface area (Å²) >= 11 is 0.744. The summed E-state index contributed by atoms with van der Waals surface area (Å²) in [4.78, 5) is 13.8. The number of aliphatic hydroxyl groups excluding tert-OH is 1. The molecular formula is C22H29F3N4O3S. The molecule has 0 aliphatic carbocycles. The zero-order valence-corrected chi connectivity index (χ0v) is 19.4. The fourth-order valence-electron chi connectivity index (χ4n) is 4.76. The first-order chi connectivity index (χ1) is 15.8. The molecule has 0 unspecified atom stereocenters. The third-order valence-corrected chi connectivity index (χ3v) is 7.88. The van der Waals surface area contributed by atoms with Crippen LogP contribution in [0.15, 0.2) is 12.4 Å². The monoisotopic (exact) mass is 486 g/mol. The molecular weight excluding hydrogens is 457 g/mol. The van der Waals surface area contributed by atoms with Crippen molar-refractivity contribution in [3.8, 4) is 0 Å². The fourth-order valence-corrected chi connectivity index (χ4v) is 6.18. The van der Waals surface area contributed by atoms with Crippen molar-refractivity contribution in [3.63, 3.8) is 0 Å². The fraction of sp³-hybridized carbons (Fsp3) is 0.636. The van der Waals surface area contributed by atoms with Gasteiger partial charge in [-0.2, -0.15) is 18.3 Å². The van der Waals surface area contributed by atoms with Gasteiger partial charge in [-0.25, -0.2) is 0 Å². The summed E-state index contributed by atoms with van der Waals surface area (Å²) in [6, 6.07) is 0. The number of hydrogen-bond acceptors (Lipinski definition) is 6. The first-order valence-electron chi connectivity index (χ1n) is 11.2. The number of halogens is 3. The highest BCUT2D eigenvalue weighted by molar-refractivity contribution is 7.12. The van der Waals surface area contributed by atoms with Gasteiger partial charge in [0.25, 0.3) is 0 Å². The number of aromatic nitrogens is 2. The number of aliphatic hydroxyl groups is 1. The van der Waals surface area contributed by atoms with E-state index in [1.807, 2.05) is 13.1 Å². The number of rotatable bonds is 7. The van der Waals surface area contributed by atoms with Gasteiger partial charge in [0, 0.05) is 61.3 Å². The molecule has 1 saturated heterocycles. The van der Waals surface area contributed by atoms with Gasteiger partial charge in [0.2, 0.25) is 5.91 Å². The van der Waals surface area contributed by atoms with Crippen LogP contribution in [0.5, 0.6) is 0 Å². The number of aryl methyl sites for hydroxylation is 1. The Hall–Kier alpha value is -1.95. The summed E-state index contributed by atoms with van der Waals surface area (Å²) in [5.41, 5.74) is 0.972. The quantitative estimate of drug-likeness (QED) is 0.629. The number of fused-ring (bicyclic) bond motifs is 2. The molecule has 2 aromatic rings. The topological polar surface area (TPSA) is 79.6 Å². The number of nitrogens with one attached hydrogen (secondary N) is 1. The zero-order chi connectivity index (χ0) is 23.6. The Kier molecular flexibility index (Phi) is 7.13. The van der Waals surface area contributed by atoms with Crippen LogP contribution in [0.2, 0.25) is 0 Å². The van der Waals surface area contributed by atoms with Gasteiger partial charge in [-0.3, -0.25) is 14.4 Å². The molecule has 33 heavy (non-hydrogen) atoms. The van der Waals surface area contributed by atoms with Crippen molar-refractivity contribution in [1.82, 2.24) is 20.0 Å². The second-order valence-electron chi connectivity index (χ2n) is 8.56. The number of amides is 1. The van der Waals surface area contributed by atoms with Crippen LogP contribution >= 0.6 is 11.3 Å². The number of likely N-dealkylation sites (tertiary alicyclic amines) is 1. The molecule has 1 fully saturated rings. The zero-order valence-electron chi connectivity index (χ0n) is 18.6.